The quantitative estimate of drug-likeness (QED) is 0.315. The molecule has 0 unspecified atom stereocenters. The van der Waals surface area contributed by atoms with E-state index in [-0.39, 0.29) is 23.7 Å². The highest BCUT2D eigenvalue weighted by Crippen LogP contribution is 2.15. The summed E-state index contributed by atoms with van der Waals surface area (Å²) in [5.74, 6) is -0.855. The summed E-state index contributed by atoms with van der Waals surface area (Å²) in [4.78, 5) is 11.6. The van der Waals surface area contributed by atoms with Gasteiger partial charge in [-0.25, -0.2) is 0 Å². The van der Waals surface area contributed by atoms with E-state index >= 15 is 0 Å². The zero-order valence-corrected chi connectivity index (χ0v) is 9.14. The summed E-state index contributed by atoms with van der Waals surface area (Å²) in [6.07, 6.45) is 0. The molecule has 1 rings (SSSR count). The van der Waals surface area contributed by atoms with Crippen molar-refractivity contribution in [2.75, 3.05) is 6.54 Å². The van der Waals surface area contributed by atoms with Crippen LogP contribution in [0.5, 0.6) is 5.75 Å². The number of rotatable bonds is 5. The van der Waals surface area contributed by atoms with E-state index in [4.69, 9.17) is 10.9 Å². The van der Waals surface area contributed by atoms with Gasteiger partial charge < -0.3 is 21.0 Å². The molecule has 1 aromatic rings. The van der Waals surface area contributed by atoms with Crippen molar-refractivity contribution in [3.63, 3.8) is 0 Å². The van der Waals surface area contributed by atoms with Crippen LogP contribution in [0, 0.1) is 0 Å². The molecule has 0 saturated carbocycles. The Bertz CT molecular complexity index is 452. The second kappa shape index (κ2) is 6.38. The summed E-state index contributed by atoms with van der Waals surface area (Å²) < 4.78 is 28.1. The van der Waals surface area contributed by atoms with E-state index in [0.29, 0.717) is 0 Å². The van der Waals surface area contributed by atoms with E-state index in [1.54, 1.807) is 0 Å². The Balaban J connectivity index is 2.68. The Labute approximate surface area is 101 Å². The Morgan fingerprint density at radius 3 is 2.89 bits per heavy atom. The maximum Gasteiger partial charge on any atom is 0.387 e. The molecule has 1 aromatic carbocycles. The highest BCUT2D eigenvalue weighted by molar-refractivity contribution is 5.97. The monoisotopic (exact) mass is 259 g/mol. The van der Waals surface area contributed by atoms with Crippen LogP contribution in [0.2, 0.25) is 0 Å². The van der Waals surface area contributed by atoms with Gasteiger partial charge in [0.25, 0.3) is 5.91 Å². The largest absolute Gasteiger partial charge is 0.435 e. The van der Waals surface area contributed by atoms with E-state index in [1.807, 2.05) is 0 Å². The first-order valence-electron chi connectivity index (χ1n) is 4.82. The first kappa shape index (κ1) is 13.7. The molecule has 0 aliphatic heterocycles. The molecule has 0 aliphatic rings. The number of hydrogen-bond donors (Lipinski definition) is 3. The first-order valence-corrected chi connectivity index (χ1v) is 4.82. The van der Waals surface area contributed by atoms with Gasteiger partial charge in [-0.2, -0.15) is 8.78 Å². The number of nitrogens with zero attached hydrogens (tertiary/aromatic N) is 1. The van der Waals surface area contributed by atoms with Crippen molar-refractivity contribution in [3.8, 4) is 5.75 Å². The molecule has 0 bridgehead atoms. The summed E-state index contributed by atoms with van der Waals surface area (Å²) in [7, 11) is 0. The number of oxime groups is 1. The SMILES string of the molecule is N/C(CNC(=O)c1cccc(OC(F)F)c1)=N\O. The summed E-state index contributed by atoms with van der Waals surface area (Å²) in [5.41, 5.74) is 5.28. The fourth-order valence-electron chi connectivity index (χ4n) is 1.12. The molecule has 0 saturated heterocycles. The summed E-state index contributed by atoms with van der Waals surface area (Å²) in [6.45, 7) is -3.12. The van der Waals surface area contributed by atoms with Crippen molar-refractivity contribution < 1.29 is 23.5 Å². The van der Waals surface area contributed by atoms with Gasteiger partial charge >= 0.3 is 6.61 Å². The smallest absolute Gasteiger partial charge is 0.387 e. The lowest BCUT2D eigenvalue weighted by molar-refractivity contribution is -0.0498. The van der Waals surface area contributed by atoms with Gasteiger partial charge in [0, 0.05) is 5.56 Å². The van der Waals surface area contributed by atoms with E-state index in [2.05, 4.69) is 15.2 Å². The summed E-state index contributed by atoms with van der Waals surface area (Å²) >= 11 is 0. The minimum absolute atomic E-state index is 0.124. The molecule has 0 spiro atoms. The molecule has 0 aliphatic carbocycles. The second-order valence-corrected chi connectivity index (χ2v) is 3.18. The van der Waals surface area contributed by atoms with Gasteiger partial charge in [0.15, 0.2) is 5.84 Å². The number of alkyl halides is 2. The zero-order chi connectivity index (χ0) is 13.5. The van der Waals surface area contributed by atoms with Gasteiger partial charge in [-0.3, -0.25) is 4.79 Å². The van der Waals surface area contributed by atoms with Crippen LogP contribution in [0.25, 0.3) is 0 Å². The lowest BCUT2D eigenvalue weighted by Gasteiger charge is -2.07. The van der Waals surface area contributed by atoms with Crippen LogP contribution in [0.4, 0.5) is 8.78 Å². The normalized spacial score (nSPS) is 11.4. The van der Waals surface area contributed by atoms with Crippen molar-refractivity contribution in [2.45, 2.75) is 6.61 Å². The van der Waals surface area contributed by atoms with Gasteiger partial charge in [-0.15, -0.1) is 0 Å². The Kier molecular flexibility index (Phi) is 4.85. The number of carbonyl (C=O) groups excluding carboxylic acids is 1. The lowest BCUT2D eigenvalue weighted by Crippen LogP contribution is -2.33. The molecule has 0 heterocycles. The van der Waals surface area contributed by atoms with Crippen molar-refractivity contribution in [1.82, 2.24) is 5.32 Å². The molecule has 18 heavy (non-hydrogen) atoms. The highest BCUT2D eigenvalue weighted by atomic mass is 19.3. The fourth-order valence-corrected chi connectivity index (χ4v) is 1.12. The second-order valence-electron chi connectivity index (χ2n) is 3.18. The van der Waals surface area contributed by atoms with Crippen molar-refractivity contribution in [3.05, 3.63) is 29.8 Å². The third kappa shape index (κ3) is 4.24. The average Bonchev–Trinajstić information content (AvgIpc) is 2.35. The number of benzene rings is 1. The van der Waals surface area contributed by atoms with Gasteiger partial charge in [-0.1, -0.05) is 11.2 Å². The molecule has 6 nitrogen and oxygen atoms in total. The Morgan fingerprint density at radius 1 is 1.56 bits per heavy atom. The van der Waals surface area contributed by atoms with Crippen LogP contribution in [0.3, 0.4) is 0 Å². The Hall–Kier alpha value is -2.38. The number of carbonyl (C=O) groups is 1. The molecular weight excluding hydrogens is 248 g/mol. The third-order valence-corrected chi connectivity index (χ3v) is 1.88. The molecule has 0 aromatic heterocycles. The number of nitrogens with two attached hydrogens (primary N) is 1. The number of halogens is 2. The van der Waals surface area contributed by atoms with Crippen LogP contribution >= 0.6 is 0 Å². The fraction of sp³-hybridized carbons (Fsp3) is 0.200. The maximum atomic E-state index is 12.0. The third-order valence-electron chi connectivity index (χ3n) is 1.88. The molecule has 0 fully saturated rings. The van der Waals surface area contributed by atoms with Gasteiger partial charge in [0.05, 0.1) is 6.54 Å². The Morgan fingerprint density at radius 2 is 2.28 bits per heavy atom. The van der Waals surface area contributed by atoms with Gasteiger partial charge in [0.2, 0.25) is 0 Å². The van der Waals surface area contributed by atoms with Crippen LogP contribution in [0.1, 0.15) is 10.4 Å². The number of nitrogens with one attached hydrogen (secondary N) is 1. The first-order chi connectivity index (χ1) is 8.52. The van der Waals surface area contributed by atoms with Crippen molar-refractivity contribution in [2.24, 2.45) is 10.9 Å². The van der Waals surface area contributed by atoms with Crippen LogP contribution in [0.15, 0.2) is 29.4 Å². The molecule has 4 N–H and O–H groups in total. The highest BCUT2D eigenvalue weighted by Gasteiger charge is 2.09. The molecule has 0 radical (unpaired) electrons. The minimum Gasteiger partial charge on any atom is -0.435 e. The van der Waals surface area contributed by atoms with Crippen molar-refractivity contribution in [1.29, 1.82) is 0 Å². The van der Waals surface area contributed by atoms with Crippen LogP contribution < -0.4 is 15.8 Å². The standard InChI is InChI=1S/C10H11F2N3O3/c11-10(12)18-7-3-1-2-6(4-7)9(16)14-5-8(13)15-17/h1-4,10,17H,5H2,(H2,13,15)(H,14,16). The number of amides is 1. The molecule has 0 atom stereocenters. The molecule has 1 amide bonds. The molecule has 8 heteroatoms. The van der Waals surface area contributed by atoms with E-state index in [1.165, 1.54) is 18.2 Å². The van der Waals surface area contributed by atoms with Gasteiger partial charge in [0.1, 0.15) is 5.75 Å². The van der Waals surface area contributed by atoms with Gasteiger partial charge in [-0.05, 0) is 18.2 Å². The number of amidine groups is 1. The number of hydrogen-bond acceptors (Lipinski definition) is 4. The summed E-state index contributed by atoms with van der Waals surface area (Å²) in [5, 5.41) is 13.3. The topological polar surface area (TPSA) is 96.9 Å². The van der Waals surface area contributed by atoms with Crippen LogP contribution in [-0.2, 0) is 0 Å². The zero-order valence-electron chi connectivity index (χ0n) is 9.14. The van der Waals surface area contributed by atoms with Crippen LogP contribution in [-0.4, -0.2) is 30.1 Å². The van der Waals surface area contributed by atoms with E-state index in [9.17, 15) is 13.6 Å². The predicted octanol–water partition coefficient (Wildman–Crippen LogP) is 0.764. The molecule has 98 valence electrons. The average molecular weight is 259 g/mol. The van der Waals surface area contributed by atoms with Crippen molar-refractivity contribution >= 4 is 11.7 Å². The predicted molar refractivity (Wildman–Crippen MR) is 58.8 cm³/mol. The minimum atomic E-state index is -2.96. The van der Waals surface area contributed by atoms with E-state index < -0.39 is 12.5 Å². The molecular formula is C10H11F2N3O3. The lowest BCUT2D eigenvalue weighted by atomic mass is 10.2. The number of ether oxygens (including phenoxy) is 1. The van der Waals surface area contributed by atoms with E-state index in [0.717, 1.165) is 6.07 Å². The maximum absolute atomic E-state index is 12.0. The summed E-state index contributed by atoms with van der Waals surface area (Å²) in [6, 6.07) is 5.27.